The lowest BCUT2D eigenvalue weighted by molar-refractivity contribution is 1.06. The van der Waals surface area contributed by atoms with E-state index in [1.165, 1.54) is 5.39 Å². The minimum atomic E-state index is 0.767. The Labute approximate surface area is 119 Å². The number of fused-ring (bicyclic) bond motifs is 3. The Morgan fingerprint density at radius 3 is 2.56 bits per heavy atom. The summed E-state index contributed by atoms with van der Waals surface area (Å²) in [6.07, 6.45) is 0.889. The Balaban J connectivity index is 2.56. The van der Waals surface area contributed by atoms with Gasteiger partial charge in [-0.15, -0.1) is 0 Å². The fraction of sp³-hybridized carbons (Fsp3) is 0.133. The molecular weight excluding hydrogens is 310 g/mol. The van der Waals surface area contributed by atoms with E-state index < -0.39 is 0 Å². The molecule has 2 aromatic carbocycles. The van der Waals surface area contributed by atoms with Crippen molar-refractivity contribution in [2.75, 3.05) is 0 Å². The minimum Gasteiger partial charge on any atom is -0.252 e. The number of pyridine rings is 1. The highest BCUT2D eigenvalue weighted by molar-refractivity contribution is 9.10. The average molecular weight is 321 g/mol. The van der Waals surface area contributed by atoms with Crippen molar-refractivity contribution in [3.8, 4) is 0 Å². The fourth-order valence-corrected chi connectivity index (χ4v) is 3.04. The molecule has 1 heterocycles. The number of hydrogen-bond acceptors (Lipinski definition) is 1. The number of nitrogens with zero attached hydrogens (tertiary/aromatic N) is 1. The Morgan fingerprint density at radius 1 is 1.11 bits per heavy atom. The Kier molecular flexibility index (Phi) is 3.00. The molecule has 0 aliphatic rings. The van der Waals surface area contributed by atoms with Gasteiger partial charge >= 0.3 is 0 Å². The lowest BCUT2D eigenvalue weighted by atomic mass is 10.1. The van der Waals surface area contributed by atoms with E-state index in [2.05, 4.69) is 35.0 Å². The van der Waals surface area contributed by atoms with Gasteiger partial charge in [-0.1, -0.05) is 58.7 Å². The van der Waals surface area contributed by atoms with Crippen molar-refractivity contribution < 1.29 is 0 Å². The van der Waals surface area contributed by atoms with Gasteiger partial charge in [0.1, 0.15) is 0 Å². The van der Waals surface area contributed by atoms with E-state index in [0.717, 1.165) is 37.9 Å². The summed E-state index contributed by atoms with van der Waals surface area (Å²) >= 11 is 9.95. The van der Waals surface area contributed by atoms with Crippen molar-refractivity contribution in [3.63, 3.8) is 0 Å². The van der Waals surface area contributed by atoms with Crippen molar-refractivity contribution in [2.45, 2.75) is 13.3 Å². The SMILES string of the molecule is CCc1cc(Cl)c2cc(Br)c3ccccc3c2n1. The summed E-state index contributed by atoms with van der Waals surface area (Å²) in [6, 6.07) is 12.2. The van der Waals surface area contributed by atoms with Gasteiger partial charge in [0.25, 0.3) is 0 Å². The second-order valence-corrected chi connectivity index (χ2v) is 5.51. The van der Waals surface area contributed by atoms with Gasteiger partial charge in [0.05, 0.1) is 10.5 Å². The van der Waals surface area contributed by atoms with Crippen molar-refractivity contribution >= 4 is 49.2 Å². The van der Waals surface area contributed by atoms with Gasteiger partial charge in [0.15, 0.2) is 0 Å². The monoisotopic (exact) mass is 319 g/mol. The molecule has 3 aromatic rings. The molecule has 1 aromatic heterocycles. The molecule has 0 spiro atoms. The Hall–Kier alpha value is -1.12. The maximum absolute atomic E-state index is 6.35. The van der Waals surface area contributed by atoms with Gasteiger partial charge in [0, 0.05) is 20.9 Å². The van der Waals surface area contributed by atoms with E-state index in [0.29, 0.717) is 0 Å². The largest absolute Gasteiger partial charge is 0.252 e. The number of rotatable bonds is 1. The molecule has 18 heavy (non-hydrogen) atoms. The van der Waals surface area contributed by atoms with Crippen LogP contribution >= 0.6 is 27.5 Å². The summed E-state index contributed by atoms with van der Waals surface area (Å²) in [5.41, 5.74) is 2.01. The fourth-order valence-electron chi connectivity index (χ4n) is 2.20. The van der Waals surface area contributed by atoms with Crippen LogP contribution < -0.4 is 0 Å². The second kappa shape index (κ2) is 4.52. The molecule has 3 rings (SSSR count). The minimum absolute atomic E-state index is 0.767. The third kappa shape index (κ3) is 1.80. The molecule has 0 atom stereocenters. The summed E-state index contributed by atoms with van der Waals surface area (Å²) < 4.78 is 1.05. The molecule has 0 bridgehead atoms. The highest BCUT2D eigenvalue weighted by Crippen LogP contribution is 2.34. The van der Waals surface area contributed by atoms with Crippen molar-refractivity contribution in [2.24, 2.45) is 0 Å². The maximum atomic E-state index is 6.35. The lowest BCUT2D eigenvalue weighted by Crippen LogP contribution is -1.90. The van der Waals surface area contributed by atoms with Crippen LogP contribution in [0.15, 0.2) is 40.9 Å². The predicted molar refractivity (Wildman–Crippen MR) is 81.3 cm³/mol. The molecule has 0 fully saturated rings. The van der Waals surface area contributed by atoms with Crippen molar-refractivity contribution in [3.05, 3.63) is 51.6 Å². The first-order valence-corrected chi connectivity index (χ1v) is 7.04. The molecule has 0 aliphatic heterocycles. The van der Waals surface area contributed by atoms with Crippen LogP contribution in [-0.2, 0) is 6.42 Å². The summed E-state index contributed by atoms with van der Waals surface area (Å²) in [7, 11) is 0. The normalized spacial score (nSPS) is 11.3. The van der Waals surface area contributed by atoms with Crippen LogP contribution in [0.25, 0.3) is 21.7 Å². The second-order valence-electron chi connectivity index (χ2n) is 4.25. The molecule has 90 valence electrons. The summed E-state index contributed by atoms with van der Waals surface area (Å²) in [5, 5.41) is 4.07. The van der Waals surface area contributed by atoms with E-state index in [4.69, 9.17) is 16.6 Å². The number of halogens is 2. The number of hydrogen-bond donors (Lipinski definition) is 0. The highest BCUT2D eigenvalue weighted by atomic mass is 79.9. The maximum Gasteiger partial charge on any atom is 0.0799 e. The van der Waals surface area contributed by atoms with Crippen LogP contribution in [0.5, 0.6) is 0 Å². The third-order valence-corrected chi connectivity index (χ3v) is 4.10. The van der Waals surface area contributed by atoms with Gasteiger partial charge in [-0.2, -0.15) is 0 Å². The summed E-state index contributed by atoms with van der Waals surface area (Å²) in [5.74, 6) is 0. The lowest BCUT2D eigenvalue weighted by Gasteiger charge is -2.08. The van der Waals surface area contributed by atoms with Crippen LogP contribution in [-0.4, -0.2) is 4.98 Å². The van der Waals surface area contributed by atoms with E-state index in [-0.39, 0.29) is 0 Å². The zero-order valence-electron chi connectivity index (χ0n) is 9.87. The van der Waals surface area contributed by atoms with Crippen LogP contribution in [0.4, 0.5) is 0 Å². The molecule has 0 aliphatic carbocycles. The number of benzene rings is 2. The first kappa shape index (κ1) is 11.9. The molecule has 0 amide bonds. The van der Waals surface area contributed by atoms with E-state index in [1.54, 1.807) is 0 Å². The molecule has 0 radical (unpaired) electrons. The molecule has 0 saturated carbocycles. The third-order valence-electron chi connectivity index (χ3n) is 3.13. The molecular formula is C15H11BrClN. The smallest absolute Gasteiger partial charge is 0.0799 e. The van der Waals surface area contributed by atoms with Gasteiger partial charge < -0.3 is 0 Å². The molecule has 0 unspecified atom stereocenters. The molecule has 0 N–H and O–H groups in total. The van der Waals surface area contributed by atoms with E-state index in [1.807, 2.05) is 24.3 Å². The van der Waals surface area contributed by atoms with E-state index >= 15 is 0 Å². The van der Waals surface area contributed by atoms with Gasteiger partial charge in [-0.3, -0.25) is 4.98 Å². The summed E-state index contributed by atoms with van der Waals surface area (Å²) in [6.45, 7) is 2.09. The Morgan fingerprint density at radius 2 is 1.83 bits per heavy atom. The zero-order valence-corrected chi connectivity index (χ0v) is 12.2. The standard InChI is InChI=1S/C15H11BrClN/c1-2-9-7-14(17)12-8-13(16)10-5-3-4-6-11(10)15(12)18-9/h3-8H,2H2,1H3. The molecule has 1 nitrogen and oxygen atoms in total. The topological polar surface area (TPSA) is 12.9 Å². The van der Waals surface area contributed by atoms with Gasteiger partial charge in [-0.25, -0.2) is 0 Å². The highest BCUT2D eigenvalue weighted by Gasteiger charge is 2.09. The first-order chi connectivity index (χ1) is 8.70. The number of aryl methyl sites for hydroxylation is 1. The van der Waals surface area contributed by atoms with Crippen molar-refractivity contribution in [1.29, 1.82) is 0 Å². The van der Waals surface area contributed by atoms with Gasteiger partial charge in [-0.05, 0) is 23.9 Å². The predicted octanol–water partition coefficient (Wildman–Crippen LogP) is 5.37. The molecule has 0 saturated heterocycles. The van der Waals surface area contributed by atoms with E-state index in [9.17, 15) is 0 Å². The van der Waals surface area contributed by atoms with Crippen LogP contribution in [0.2, 0.25) is 5.02 Å². The Bertz CT molecular complexity index is 752. The van der Waals surface area contributed by atoms with Crippen molar-refractivity contribution in [1.82, 2.24) is 4.98 Å². The average Bonchev–Trinajstić information content (AvgIpc) is 2.40. The zero-order chi connectivity index (χ0) is 12.7. The summed E-state index contributed by atoms with van der Waals surface area (Å²) in [4.78, 5) is 4.72. The number of aromatic nitrogens is 1. The van der Waals surface area contributed by atoms with Crippen LogP contribution in [0.3, 0.4) is 0 Å². The first-order valence-electron chi connectivity index (χ1n) is 5.87. The molecule has 3 heteroatoms. The van der Waals surface area contributed by atoms with Crippen LogP contribution in [0, 0.1) is 0 Å². The quantitative estimate of drug-likeness (QED) is 0.550. The van der Waals surface area contributed by atoms with Crippen LogP contribution in [0.1, 0.15) is 12.6 Å². The van der Waals surface area contributed by atoms with Gasteiger partial charge in [0.2, 0.25) is 0 Å².